The van der Waals surface area contributed by atoms with Crippen LogP contribution < -0.4 is 5.32 Å². The second-order valence-electron chi connectivity index (χ2n) is 8.00. The van der Waals surface area contributed by atoms with Gasteiger partial charge in [0.1, 0.15) is 6.54 Å². The quantitative estimate of drug-likeness (QED) is 0.624. The molecular weight excluding hydrogens is 368 g/mol. The third-order valence-electron chi connectivity index (χ3n) is 5.73. The predicted octanol–water partition coefficient (Wildman–Crippen LogP) is 1.50. The molecule has 0 spiro atoms. The summed E-state index contributed by atoms with van der Waals surface area (Å²) < 4.78 is 7.61. The maximum Gasteiger partial charge on any atom is 0.243 e. The Kier molecular flexibility index (Phi) is 5.99. The van der Waals surface area contributed by atoms with Crippen LogP contribution in [0.25, 0.3) is 10.9 Å². The van der Waals surface area contributed by atoms with Gasteiger partial charge in [-0.1, -0.05) is 18.2 Å². The number of benzene rings is 1. The van der Waals surface area contributed by atoms with Crippen LogP contribution in [-0.2, 0) is 9.53 Å². The van der Waals surface area contributed by atoms with Crippen LogP contribution in [0, 0.1) is 0 Å². The predicted molar refractivity (Wildman–Crippen MR) is 113 cm³/mol. The van der Waals surface area contributed by atoms with Gasteiger partial charge in [0.25, 0.3) is 0 Å². The molecule has 2 saturated heterocycles. The lowest BCUT2D eigenvalue weighted by Crippen LogP contribution is -2.47. The molecule has 2 aliphatic heterocycles. The van der Waals surface area contributed by atoms with E-state index in [2.05, 4.69) is 43.2 Å². The highest BCUT2D eigenvalue weighted by atomic mass is 16.5. The monoisotopic (exact) mass is 398 g/mol. The van der Waals surface area contributed by atoms with Gasteiger partial charge < -0.3 is 19.9 Å². The number of hydrogen-bond acceptors (Lipinski definition) is 4. The third-order valence-corrected chi connectivity index (χ3v) is 5.73. The number of amides is 1. The summed E-state index contributed by atoms with van der Waals surface area (Å²) in [5, 5.41) is 9.39. The third kappa shape index (κ3) is 4.53. The average molecular weight is 399 g/mol. The number of carbonyl (C=O) groups excluding carboxylic acids is 1. The molecule has 0 bridgehead atoms. The molecule has 0 radical (unpaired) electrons. The van der Waals surface area contributed by atoms with Crippen LogP contribution in [0.1, 0.15) is 25.3 Å². The van der Waals surface area contributed by atoms with Crippen molar-refractivity contribution in [2.24, 2.45) is 4.99 Å². The topological polar surface area (TPSA) is 75.0 Å². The Morgan fingerprint density at radius 1 is 1.28 bits per heavy atom. The first kappa shape index (κ1) is 19.7. The number of nitrogens with zero attached hydrogens (tertiary/aromatic N) is 5. The molecule has 3 heterocycles. The molecule has 4 rings (SSSR count). The zero-order chi connectivity index (χ0) is 20.2. The molecule has 156 valence electrons. The summed E-state index contributed by atoms with van der Waals surface area (Å²) in [7, 11) is 3.52. The van der Waals surface area contributed by atoms with Crippen molar-refractivity contribution in [3.05, 3.63) is 30.5 Å². The fourth-order valence-electron chi connectivity index (χ4n) is 3.96. The summed E-state index contributed by atoms with van der Waals surface area (Å²) in [4.78, 5) is 20.6. The largest absolute Gasteiger partial charge is 0.381 e. The highest BCUT2D eigenvalue weighted by Crippen LogP contribution is 2.25. The number of rotatable bonds is 4. The fourth-order valence-corrected chi connectivity index (χ4v) is 3.96. The zero-order valence-corrected chi connectivity index (χ0v) is 17.3. The van der Waals surface area contributed by atoms with Gasteiger partial charge in [-0.2, -0.15) is 5.10 Å². The molecule has 1 aromatic heterocycles. The normalized spacial score (nSPS) is 21.0. The molecule has 8 heteroatoms. The molecule has 1 amide bonds. The van der Waals surface area contributed by atoms with Gasteiger partial charge in [-0.15, -0.1) is 0 Å². The summed E-state index contributed by atoms with van der Waals surface area (Å²) in [6, 6.07) is 8.94. The van der Waals surface area contributed by atoms with E-state index in [9.17, 15) is 4.79 Å². The van der Waals surface area contributed by atoms with Gasteiger partial charge in [-0.25, -0.2) is 4.99 Å². The van der Waals surface area contributed by atoms with Crippen molar-refractivity contribution in [3.63, 3.8) is 0 Å². The van der Waals surface area contributed by atoms with Crippen LogP contribution in [0.4, 0.5) is 0 Å². The van der Waals surface area contributed by atoms with E-state index in [-0.39, 0.29) is 12.5 Å². The standard InChI is InChI=1S/C21H30N6O2/c1-25(2)20(28)14-22-21(24-17-8-11-29-12-9-17)26-10-7-18(15-26)27-19-6-4-3-5-16(19)13-23-27/h3-6,13,17-18H,7-12,14-15H2,1-2H3,(H,22,24). The number of ether oxygens (including phenoxy) is 1. The van der Waals surface area contributed by atoms with Gasteiger partial charge in [0.15, 0.2) is 5.96 Å². The number of nitrogens with one attached hydrogen (secondary N) is 1. The van der Waals surface area contributed by atoms with E-state index in [1.807, 2.05) is 12.3 Å². The number of hydrogen-bond donors (Lipinski definition) is 1. The number of carbonyl (C=O) groups is 1. The Labute approximate surface area is 171 Å². The summed E-state index contributed by atoms with van der Waals surface area (Å²) in [5.74, 6) is 0.830. The number of likely N-dealkylation sites (N-methyl/N-ethyl adjacent to an activating group) is 1. The molecule has 8 nitrogen and oxygen atoms in total. The molecule has 29 heavy (non-hydrogen) atoms. The highest BCUT2D eigenvalue weighted by molar-refractivity contribution is 5.85. The Bertz CT molecular complexity index is 871. The van der Waals surface area contributed by atoms with E-state index in [1.165, 1.54) is 0 Å². The van der Waals surface area contributed by atoms with Crippen LogP contribution in [0.5, 0.6) is 0 Å². The molecule has 2 aliphatic rings. The van der Waals surface area contributed by atoms with Crippen LogP contribution in [0.3, 0.4) is 0 Å². The maximum atomic E-state index is 12.1. The lowest BCUT2D eigenvalue weighted by Gasteiger charge is -2.29. The SMILES string of the molecule is CN(C)C(=O)CN=C(NC1CCOCC1)N1CCC(n2ncc3ccccc32)C1. The van der Waals surface area contributed by atoms with Gasteiger partial charge in [0.05, 0.1) is 17.8 Å². The van der Waals surface area contributed by atoms with Gasteiger partial charge in [-0.3, -0.25) is 9.48 Å². The van der Waals surface area contributed by atoms with Gasteiger partial charge in [-0.05, 0) is 25.3 Å². The summed E-state index contributed by atoms with van der Waals surface area (Å²) in [5.41, 5.74) is 1.16. The van der Waals surface area contributed by atoms with Crippen molar-refractivity contribution >= 4 is 22.8 Å². The van der Waals surface area contributed by atoms with Crippen molar-refractivity contribution in [2.75, 3.05) is 46.9 Å². The summed E-state index contributed by atoms with van der Waals surface area (Å²) in [6.45, 7) is 3.41. The van der Waals surface area contributed by atoms with E-state index >= 15 is 0 Å². The van der Waals surface area contributed by atoms with Crippen molar-refractivity contribution in [2.45, 2.75) is 31.3 Å². The number of fused-ring (bicyclic) bond motifs is 1. The minimum absolute atomic E-state index is 0.00472. The van der Waals surface area contributed by atoms with Crippen molar-refractivity contribution in [1.82, 2.24) is 24.9 Å². The summed E-state index contributed by atoms with van der Waals surface area (Å²) in [6.07, 6.45) is 4.86. The molecular formula is C21H30N6O2. The number of likely N-dealkylation sites (tertiary alicyclic amines) is 1. The van der Waals surface area contributed by atoms with E-state index < -0.39 is 0 Å². The highest BCUT2D eigenvalue weighted by Gasteiger charge is 2.29. The van der Waals surface area contributed by atoms with Gasteiger partial charge >= 0.3 is 0 Å². The van der Waals surface area contributed by atoms with Crippen LogP contribution >= 0.6 is 0 Å². The van der Waals surface area contributed by atoms with Crippen molar-refractivity contribution < 1.29 is 9.53 Å². The number of para-hydroxylation sites is 1. The first-order chi connectivity index (χ1) is 14.1. The van der Waals surface area contributed by atoms with E-state index in [0.29, 0.717) is 12.1 Å². The first-order valence-corrected chi connectivity index (χ1v) is 10.4. The lowest BCUT2D eigenvalue weighted by atomic mass is 10.1. The maximum absolute atomic E-state index is 12.1. The molecule has 0 saturated carbocycles. The minimum atomic E-state index is 0.00472. The van der Waals surface area contributed by atoms with Crippen LogP contribution in [-0.4, -0.2) is 84.4 Å². The summed E-state index contributed by atoms with van der Waals surface area (Å²) >= 11 is 0. The Balaban J connectivity index is 1.49. The average Bonchev–Trinajstić information content (AvgIpc) is 3.38. The zero-order valence-electron chi connectivity index (χ0n) is 17.3. The molecule has 2 aromatic rings. The van der Waals surface area contributed by atoms with E-state index in [0.717, 1.165) is 62.4 Å². The molecule has 1 N–H and O–H groups in total. The second-order valence-corrected chi connectivity index (χ2v) is 8.00. The van der Waals surface area contributed by atoms with Crippen molar-refractivity contribution in [3.8, 4) is 0 Å². The van der Waals surface area contributed by atoms with Gasteiger partial charge in [0.2, 0.25) is 5.91 Å². The molecule has 0 aliphatic carbocycles. The van der Waals surface area contributed by atoms with Crippen LogP contribution in [0.2, 0.25) is 0 Å². The van der Waals surface area contributed by atoms with Gasteiger partial charge in [0, 0.05) is 51.8 Å². The van der Waals surface area contributed by atoms with Crippen LogP contribution in [0.15, 0.2) is 35.5 Å². The first-order valence-electron chi connectivity index (χ1n) is 10.4. The molecule has 1 atom stereocenters. The number of aliphatic imine (C=N–C) groups is 1. The minimum Gasteiger partial charge on any atom is -0.381 e. The van der Waals surface area contributed by atoms with Crippen molar-refractivity contribution in [1.29, 1.82) is 0 Å². The Morgan fingerprint density at radius 2 is 2.07 bits per heavy atom. The lowest BCUT2D eigenvalue weighted by molar-refractivity contribution is -0.127. The van der Waals surface area contributed by atoms with E-state index in [4.69, 9.17) is 4.74 Å². The number of aromatic nitrogens is 2. The molecule has 2 fully saturated rings. The Hall–Kier alpha value is -2.61. The molecule has 1 unspecified atom stereocenters. The molecule has 1 aromatic carbocycles. The second kappa shape index (κ2) is 8.82. The smallest absolute Gasteiger partial charge is 0.243 e. The number of guanidine groups is 1. The fraction of sp³-hybridized carbons (Fsp3) is 0.571. The van der Waals surface area contributed by atoms with E-state index in [1.54, 1.807) is 19.0 Å². The Morgan fingerprint density at radius 3 is 2.86 bits per heavy atom.